The highest BCUT2D eigenvalue weighted by molar-refractivity contribution is 6.30. The summed E-state index contributed by atoms with van der Waals surface area (Å²) in [4.78, 5) is 29.9. The van der Waals surface area contributed by atoms with Gasteiger partial charge in [-0.1, -0.05) is 22.8 Å². The number of aromatic nitrogens is 6. The van der Waals surface area contributed by atoms with E-state index in [0.717, 1.165) is 12.1 Å². The average molecular weight is 419 g/mol. The van der Waals surface area contributed by atoms with E-state index in [1.54, 1.807) is 30.6 Å². The van der Waals surface area contributed by atoms with E-state index in [9.17, 15) is 4.79 Å². The van der Waals surface area contributed by atoms with E-state index in [4.69, 9.17) is 16.1 Å². The van der Waals surface area contributed by atoms with Crippen LogP contribution in [0.1, 0.15) is 29.7 Å². The van der Waals surface area contributed by atoms with Gasteiger partial charge in [0.1, 0.15) is 12.9 Å². The summed E-state index contributed by atoms with van der Waals surface area (Å²) in [6.07, 6.45) is 7.96. The van der Waals surface area contributed by atoms with Crippen molar-refractivity contribution in [2.75, 3.05) is 0 Å². The van der Waals surface area contributed by atoms with Crippen molar-refractivity contribution in [1.29, 1.82) is 0 Å². The number of allylic oxidation sites excluding steroid dienone is 2. The number of pyridine rings is 2. The Morgan fingerprint density at radius 2 is 2.13 bits per heavy atom. The Balaban J connectivity index is 1.20. The quantitative estimate of drug-likeness (QED) is 0.502. The fourth-order valence-electron chi connectivity index (χ4n) is 4.30. The molecule has 4 aromatic rings. The van der Waals surface area contributed by atoms with Gasteiger partial charge in [-0.15, -0.1) is 0 Å². The van der Waals surface area contributed by atoms with E-state index in [1.165, 1.54) is 16.5 Å². The second kappa shape index (κ2) is 6.56. The predicted molar refractivity (Wildman–Crippen MR) is 109 cm³/mol. The third-order valence-electron chi connectivity index (χ3n) is 5.81. The van der Waals surface area contributed by atoms with Crippen LogP contribution in [-0.2, 0) is 6.54 Å². The number of hydrogen-bond acceptors (Lipinski definition) is 7. The van der Waals surface area contributed by atoms with Gasteiger partial charge in [0.15, 0.2) is 11.5 Å². The maximum absolute atomic E-state index is 12.6. The zero-order valence-corrected chi connectivity index (χ0v) is 16.4. The molecule has 0 bridgehead atoms. The standard InChI is InChI=1S/C21H15ClN6O2/c22-12-3-5-23-16(8-12)11-6-14-15(7-11)18(14)20-26-17(30-27-20)9-28-10-25-19-13(21(28)29)2-1-4-24-19/h1-6,8,10,14-15,18H,7,9H2. The normalized spacial score (nSPS) is 22.2. The van der Waals surface area contributed by atoms with E-state index >= 15 is 0 Å². The minimum atomic E-state index is -0.183. The zero-order valence-electron chi connectivity index (χ0n) is 15.6. The maximum atomic E-state index is 12.6. The van der Waals surface area contributed by atoms with Crippen LogP contribution in [0.15, 0.2) is 58.4 Å². The van der Waals surface area contributed by atoms with Crippen molar-refractivity contribution in [3.05, 3.63) is 81.8 Å². The molecule has 0 aromatic carbocycles. The Morgan fingerprint density at radius 1 is 1.20 bits per heavy atom. The number of fused-ring (bicyclic) bond motifs is 2. The summed E-state index contributed by atoms with van der Waals surface area (Å²) < 4.78 is 6.87. The summed E-state index contributed by atoms with van der Waals surface area (Å²) >= 11 is 6.08. The summed E-state index contributed by atoms with van der Waals surface area (Å²) in [7, 11) is 0. The van der Waals surface area contributed by atoms with Crippen LogP contribution < -0.4 is 5.56 Å². The molecule has 4 heterocycles. The predicted octanol–water partition coefficient (Wildman–Crippen LogP) is 3.09. The third-order valence-corrected chi connectivity index (χ3v) is 6.05. The van der Waals surface area contributed by atoms with E-state index in [0.29, 0.717) is 39.6 Å². The highest BCUT2D eigenvalue weighted by atomic mass is 35.5. The molecule has 4 aromatic heterocycles. The Kier molecular flexibility index (Phi) is 3.82. The fourth-order valence-corrected chi connectivity index (χ4v) is 4.46. The van der Waals surface area contributed by atoms with Gasteiger partial charge in [0.05, 0.1) is 11.1 Å². The molecule has 1 fully saturated rings. The van der Waals surface area contributed by atoms with Crippen LogP contribution >= 0.6 is 11.6 Å². The van der Waals surface area contributed by atoms with Gasteiger partial charge >= 0.3 is 0 Å². The van der Waals surface area contributed by atoms with Crippen LogP contribution in [0.25, 0.3) is 16.6 Å². The first-order valence-electron chi connectivity index (χ1n) is 9.62. The molecule has 3 atom stereocenters. The van der Waals surface area contributed by atoms with Crippen molar-refractivity contribution in [3.8, 4) is 0 Å². The van der Waals surface area contributed by atoms with Crippen molar-refractivity contribution < 1.29 is 4.52 Å². The van der Waals surface area contributed by atoms with Crippen LogP contribution in [0.5, 0.6) is 0 Å². The second-order valence-corrected chi connectivity index (χ2v) is 8.06. The Morgan fingerprint density at radius 3 is 2.97 bits per heavy atom. The molecule has 3 unspecified atom stereocenters. The van der Waals surface area contributed by atoms with E-state index in [1.807, 2.05) is 6.07 Å². The molecule has 30 heavy (non-hydrogen) atoms. The Bertz CT molecular complexity index is 1380. The lowest BCUT2D eigenvalue weighted by molar-refractivity contribution is 0.364. The molecular weight excluding hydrogens is 404 g/mol. The highest BCUT2D eigenvalue weighted by Crippen LogP contribution is 2.62. The van der Waals surface area contributed by atoms with Crippen LogP contribution in [0, 0.1) is 11.8 Å². The molecule has 0 aliphatic heterocycles. The van der Waals surface area contributed by atoms with Crippen molar-refractivity contribution in [2.45, 2.75) is 18.9 Å². The molecule has 1 saturated carbocycles. The minimum absolute atomic E-state index is 0.180. The summed E-state index contributed by atoms with van der Waals surface area (Å²) in [5, 5.41) is 5.31. The largest absolute Gasteiger partial charge is 0.337 e. The SMILES string of the molecule is O=c1c2cccnc2ncn1Cc1nc(C2C3C=C(c4cc(Cl)ccn4)CC32)no1. The highest BCUT2D eigenvalue weighted by Gasteiger charge is 2.55. The van der Waals surface area contributed by atoms with Crippen molar-refractivity contribution in [2.24, 2.45) is 11.8 Å². The van der Waals surface area contributed by atoms with E-state index in [2.05, 4.69) is 31.2 Å². The van der Waals surface area contributed by atoms with Crippen molar-refractivity contribution in [1.82, 2.24) is 29.7 Å². The zero-order chi connectivity index (χ0) is 20.2. The lowest BCUT2D eigenvalue weighted by Crippen LogP contribution is -2.21. The Labute approximate surface area is 175 Å². The van der Waals surface area contributed by atoms with Gasteiger partial charge in [-0.3, -0.25) is 14.3 Å². The molecular formula is C21H15ClN6O2. The third kappa shape index (κ3) is 2.83. The summed E-state index contributed by atoms with van der Waals surface area (Å²) in [5.74, 6) is 2.19. The van der Waals surface area contributed by atoms with Crippen LogP contribution in [0.4, 0.5) is 0 Å². The number of nitrogens with zero attached hydrogens (tertiary/aromatic N) is 6. The van der Waals surface area contributed by atoms with Gasteiger partial charge in [-0.2, -0.15) is 4.98 Å². The minimum Gasteiger partial charge on any atom is -0.337 e. The molecule has 0 amide bonds. The van der Waals surface area contributed by atoms with Crippen molar-refractivity contribution >= 4 is 28.2 Å². The topological polar surface area (TPSA) is 99.6 Å². The summed E-state index contributed by atoms with van der Waals surface area (Å²) in [6.45, 7) is 0.180. The van der Waals surface area contributed by atoms with E-state index in [-0.39, 0.29) is 18.0 Å². The monoisotopic (exact) mass is 418 g/mol. The molecule has 8 nitrogen and oxygen atoms in total. The smallest absolute Gasteiger partial charge is 0.263 e. The van der Waals surface area contributed by atoms with E-state index < -0.39 is 0 Å². The summed E-state index contributed by atoms with van der Waals surface area (Å²) in [5.41, 5.74) is 2.39. The van der Waals surface area contributed by atoms with Crippen LogP contribution in [0.2, 0.25) is 5.02 Å². The molecule has 0 N–H and O–H groups in total. The molecule has 0 radical (unpaired) electrons. The molecule has 0 spiro atoms. The first-order chi connectivity index (χ1) is 14.7. The van der Waals surface area contributed by atoms with Crippen molar-refractivity contribution in [3.63, 3.8) is 0 Å². The Hall–Kier alpha value is -3.39. The molecule has 2 aliphatic carbocycles. The van der Waals surface area contributed by atoms with Crippen LogP contribution in [-0.4, -0.2) is 29.7 Å². The van der Waals surface area contributed by atoms with Gasteiger partial charge in [0.25, 0.3) is 5.56 Å². The molecule has 6 rings (SSSR count). The number of halogens is 1. The second-order valence-electron chi connectivity index (χ2n) is 7.62. The lowest BCUT2D eigenvalue weighted by Gasteiger charge is -2.04. The lowest BCUT2D eigenvalue weighted by atomic mass is 10.1. The molecule has 0 saturated heterocycles. The molecule has 148 valence electrons. The van der Waals surface area contributed by atoms with Crippen LogP contribution in [0.3, 0.4) is 0 Å². The number of rotatable bonds is 4. The molecule has 2 aliphatic rings. The molecule has 9 heteroatoms. The number of hydrogen-bond donors (Lipinski definition) is 0. The van der Waals surface area contributed by atoms with Gasteiger partial charge in [-0.25, -0.2) is 9.97 Å². The van der Waals surface area contributed by atoms with Gasteiger partial charge in [0, 0.05) is 23.3 Å². The maximum Gasteiger partial charge on any atom is 0.263 e. The first-order valence-corrected chi connectivity index (χ1v) is 10.0. The van der Waals surface area contributed by atoms with Gasteiger partial charge in [0.2, 0.25) is 5.89 Å². The van der Waals surface area contributed by atoms with Gasteiger partial charge < -0.3 is 4.52 Å². The summed E-state index contributed by atoms with van der Waals surface area (Å²) in [6, 6.07) is 7.09. The average Bonchev–Trinajstić information content (AvgIpc) is 3.10. The fraction of sp³-hybridized carbons (Fsp3) is 0.238. The van der Waals surface area contributed by atoms with Gasteiger partial charge in [-0.05, 0) is 48.1 Å². The first kappa shape index (κ1) is 17.5.